The van der Waals surface area contributed by atoms with Crippen LogP contribution in [0.1, 0.15) is 51.4 Å². The summed E-state index contributed by atoms with van der Waals surface area (Å²) in [6.45, 7) is 5.78. The van der Waals surface area contributed by atoms with E-state index in [1.54, 1.807) is 12.1 Å². The van der Waals surface area contributed by atoms with Crippen molar-refractivity contribution >= 4 is 50.3 Å². The van der Waals surface area contributed by atoms with Gasteiger partial charge in [-0.1, -0.05) is 47.8 Å². The van der Waals surface area contributed by atoms with Crippen molar-refractivity contribution in [1.82, 2.24) is 9.66 Å². The summed E-state index contributed by atoms with van der Waals surface area (Å²) in [4.78, 5) is 29.0. The van der Waals surface area contributed by atoms with Crippen LogP contribution in [0, 0.1) is 10.1 Å². The van der Waals surface area contributed by atoms with Crippen molar-refractivity contribution in [2.75, 3.05) is 0 Å². The number of ether oxygens (including phenoxy) is 1. The average molecular weight is 536 g/mol. The summed E-state index contributed by atoms with van der Waals surface area (Å²) in [6.07, 6.45) is 4.06. The third-order valence-electron chi connectivity index (χ3n) is 5.10. The summed E-state index contributed by atoms with van der Waals surface area (Å²) >= 11 is 9.52. The SMILES string of the molecule is CCCCc1nc2ccc(Br)cc2c(=O)n1N=Cc1cc(Cl)cc([N+](=O)[O-])c1O[C@@H](C)CC. The molecule has 0 spiro atoms. The van der Waals surface area contributed by atoms with Crippen LogP contribution in [0.5, 0.6) is 5.75 Å². The highest BCUT2D eigenvalue weighted by Crippen LogP contribution is 2.34. The molecule has 174 valence electrons. The van der Waals surface area contributed by atoms with Crippen LogP contribution in [0.3, 0.4) is 0 Å². The Hall–Kier alpha value is -2.78. The summed E-state index contributed by atoms with van der Waals surface area (Å²) < 4.78 is 7.83. The molecule has 2 aromatic carbocycles. The summed E-state index contributed by atoms with van der Waals surface area (Å²) in [6, 6.07) is 8.07. The van der Waals surface area contributed by atoms with Crippen LogP contribution in [0.15, 0.2) is 44.7 Å². The Balaban J connectivity index is 2.19. The van der Waals surface area contributed by atoms with E-state index in [0.29, 0.717) is 35.1 Å². The Morgan fingerprint density at radius 3 is 2.76 bits per heavy atom. The number of nitro benzene ring substituents is 1. The van der Waals surface area contributed by atoms with Crippen molar-refractivity contribution in [2.24, 2.45) is 5.10 Å². The molecule has 0 saturated carbocycles. The molecule has 0 unspecified atom stereocenters. The molecule has 0 bridgehead atoms. The third-order valence-corrected chi connectivity index (χ3v) is 5.81. The number of aromatic nitrogens is 2. The summed E-state index contributed by atoms with van der Waals surface area (Å²) in [5.74, 6) is 0.566. The van der Waals surface area contributed by atoms with Crippen LogP contribution < -0.4 is 10.3 Å². The summed E-state index contributed by atoms with van der Waals surface area (Å²) in [5.41, 5.74) is 0.296. The molecular formula is C23H24BrClN4O4. The topological polar surface area (TPSA) is 99.6 Å². The van der Waals surface area contributed by atoms with E-state index in [9.17, 15) is 14.9 Å². The Bertz CT molecular complexity index is 1280. The van der Waals surface area contributed by atoms with Crippen LogP contribution in [-0.2, 0) is 6.42 Å². The lowest BCUT2D eigenvalue weighted by molar-refractivity contribution is -0.386. The Labute approximate surface area is 204 Å². The van der Waals surface area contributed by atoms with Gasteiger partial charge in [0.15, 0.2) is 0 Å². The van der Waals surface area contributed by atoms with E-state index >= 15 is 0 Å². The predicted octanol–water partition coefficient (Wildman–Crippen LogP) is 6.12. The highest BCUT2D eigenvalue weighted by atomic mass is 79.9. The number of unbranched alkanes of at least 4 members (excludes halogenated alkanes) is 1. The molecule has 8 nitrogen and oxygen atoms in total. The average Bonchev–Trinajstić information content (AvgIpc) is 2.78. The molecule has 33 heavy (non-hydrogen) atoms. The minimum absolute atomic E-state index is 0.0575. The highest BCUT2D eigenvalue weighted by molar-refractivity contribution is 9.10. The van der Waals surface area contributed by atoms with Gasteiger partial charge in [0.1, 0.15) is 5.82 Å². The van der Waals surface area contributed by atoms with Crippen molar-refractivity contribution in [3.63, 3.8) is 0 Å². The van der Waals surface area contributed by atoms with Gasteiger partial charge in [0, 0.05) is 27.5 Å². The molecule has 10 heteroatoms. The van der Waals surface area contributed by atoms with Crippen LogP contribution in [0.25, 0.3) is 10.9 Å². The molecule has 0 aliphatic heterocycles. The van der Waals surface area contributed by atoms with Crippen molar-refractivity contribution < 1.29 is 9.66 Å². The Kier molecular flexibility index (Phi) is 8.20. The Morgan fingerprint density at radius 1 is 1.33 bits per heavy atom. The van der Waals surface area contributed by atoms with Gasteiger partial charge >= 0.3 is 5.69 Å². The predicted molar refractivity (Wildman–Crippen MR) is 134 cm³/mol. The second kappa shape index (κ2) is 10.9. The first-order chi connectivity index (χ1) is 15.7. The number of nitro groups is 1. The van der Waals surface area contributed by atoms with Gasteiger partial charge in [0.05, 0.1) is 28.1 Å². The smallest absolute Gasteiger partial charge is 0.313 e. The lowest BCUT2D eigenvalue weighted by atomic mass is 10.1. The molecule has 0 radical (unpaired) electrons. The zero-order valence-electron chi connectivity index (χ0n) is 18.5. The van der Waals surface area contributed by atoms with Gasteiger partial charge < -0.3 is 4.74 Å². The molecule has 1 atom stereocenters. The summed E-state index contributed by atoms with van der Waals surface area (Å²) in [7, 11) is 0. The first-order valence-corrected chi connectivity index (χ1v) is 11.8. The number of benzene rings is 2. The molecular weight excluding hydrogens is 512 g/mol. The Morgan fingerprint density at radius 2 is 2.09 bits per heavy atom. The molecule has 0 aliphatic rings. The fourth-order valence-corrected chi connectivity index (χ4v) is 3.76. The number of hydrogen-bond donors (Lipinski definition) is 0. The van der Waals surface area contributed by atoms with Crippen molar-refractivity contribution in [2.45, 2.75) is 52.6 Å². The molecule has 0 saturated heterocycles. The fourth-order valence-electron chi connectivity index (χ4n) is 3.17. The van der Waals surface area contributed by atoms with Crippen molar-refractivity contribution in [3.8, 4) is 5.75 Å². The van der Waals surface area contributed by atoms with E-state index in [0.717, 1.165) is 17.3 Å². The first kappa shape index (κ1) is 24.9. The number of halogens is 2. The summed E-state index contributed by atoms with van der Waals surface area (Å²) in [5, 5.41) is 16.6. The minimum Gasteiger partial charge on any atom is -0.483 e. The molecule has 0 N–H and O–H groups in total. The van der Waals surface area contributed by atoms with Crippen LogP contribution >= 0.6 is 27.5 Å². The standard InChI is InChI=1S/C23H24BrClN4O4/c1-4-6-7-21-27-19-9-8-16(24)11-18(19)23(30)28(21)26-13-15-10-17(25)12-20(29(31)32)22(15)33-14(3)5-2/h8-14H,4-7H2,1-3H3/t14-/m0/s1. The number of nitrogens with zero attached hydrogens (tertiary/aromatic N) is 4. The molecule has 0 fully saturated rings. The third kappa shape index (κ3) is 5.78. The molecule has 3 aromatic rings. The second-order valence-electron chi connectivity index (χ2n) is 7.59. The number of hydrogen-bond acceptors (Lipinski definition) is 6. The van der Waals surface area contributed by atoms with E-state index in [-0.39, 0.29) is 28.1 Å². The monoisotopic (exact) mass is 534 g/mol. The van der Waals surface area contributed by atoms with E-state index in [1.807, 2.05) is 26.8 Å². The molecule has 3 rings (SSSR count). The van der Waals surface area contributed by atoms with E-state index in [4.69, 9.17) is 16.3 Å². The van der Waals surface area contributed by atoms with Crippen LogP contribution in [0.2, 0.25) is 5.02 Å². The van der Waals surface area contributed by atoms with E-state index in [2.05, 4.69) is 26.0 Å². The first-order valence-electron chi connectivity index (χ1n) is 10.6. The maximum absolute atomic E-state index is 13.3. The zero-order valence-corrected chi connectivity index (χ0v) is 20.9. The van der Waals surface area contributed by atoms with Gasteiger partial charge in [0.2, 0.25) is 5.75 Å². The lowest BCUT2D eigenvalue weighted by Crippen LogP contribution is -2.22. The van der Waals surface area contributed by atoms with Gasteiger partial charge in [-0.05, 0) is 44.0 Å². The highest BCUT2D eigenvalue weighted by Gasteiger charge is 2.22. The van der Waals surface area contributed by atoms with Gasteiger partial charge in [-0.3, -0.25) is 14.9 Å². The van der Waals surface area contributed by atoms with E-state index in [1.165, 1.54) is 23.0 Å². The van der Waals surface area contributed by atoms with Gasteiger partial charge in [-0.25, -0.2) is 4.98 Å². The quantitative estimate of drug-likeness (QED) is 0.187. The maximum atomic E-state index is 13.3. The maximum Gasteiger partial charge on any atom is 0.313 e. The number of rotatable bonds is 9. The number of aryl methyl sites for hydroxylation is 1. The molecule has 0 amide bonds. The second-order valence-corrected chi connectivity index (χ2v) is 8.94. The van der Waals surface area contributed by atoms with Crippen molar-refractivity contribution in [3.05, 3.63) is 71.7 Å². The minimum atomic E-state index is -0.547. The van der Waals surface area contributed by atoms with Crippen LogP contribution in [-0.4, -0.2) is 26.9 Å². The van der Waals surface area contributed by atoms with Gasteiger partial charge in [-0.2, -0.15) is 9.78 Å². The van der Waals surface area contributed by atoms with Crippen LogP contribution in [0.4, 0.5) is 5.69 Å². The normalized spacial score (nSPS) is 12.4. The van der Waals surface area contributed by atoms with E-state index < -0.39 is 4.92 Å². The largest absolute Gasteiger partial charge is 0.483 e. The van der Waals surface area contributed by atoms with Gasteiger partial charge in [-0.15, -0.1) is 0 Å². The number of fused-ring (bicyclic) bond motifs is 1. The molecule has 1 heterocycles. The molecule has 0 aliphatic carbocycles. The molecule has 1 aromatic heterocycles. The fraction of sp³-hybridized carbons (Fsp3) is 0.348. The van der Waals surface area contributed by atoms with Gasteiger partial charge in [0.25, 0.3) is 5.56 Å². The van der Waals surface area contributed by atoms with Crippen molar-refractivity contribution in [1.29, 1.82) is 0 Å². The lowest BCUT2D eigenvalue weighted by Gasteiger charge is -2.15. The zero-order chi connectivity index (χ0) is 24.1.